The van der Waals surface area contributed by atoms with Gasteiger partial charge in [0, 0.05) is 27.5 Å². The monoisotopic (exact) mass is 590 g/mol. The van der Waals surface area contributed by atoms with Crippen LogP contribution >= 0.6 is 0 Å². The molecule has 0 atom stereocenters. The van der Waals surface area contributed by atoms with E-state index >= 15 is 0 Å². The van der Waals surface area contributed by atoms with E-state index in [4.69, 9.17) is 23.6 Å². The molecular formula is C44H28O. The summed E-state index contributed by atoms with van der Waals surface area (Å²) in [6.07, 6.45) is 0. The maximum absolute atomic E-state index is 9.47. The lowest BCUT2D eigenvalue weighted by atomic mass is 9.83. The van der Waals surface area contributed by atoms with Crippen LogP contribution in [0.2, 0.25) is 0 Å². The van der Waals surface area contributed by atoms with Crippen molar-refractivity contribution < 1.29 is 29.1 Å². The van der Waals surface area contributed by atoms with Gasteiger partial charge in [-0.1, -0.05) is 169 Å². The first-order chi connectivity index (χ1) is 29.8. The van der Waals surface area contributed by atoms with Crippen LogP contribution < -0.4 is 0 Å². The highest BCUT2D eigenvalue weighted by molar-refractivity contribution is 6.25. The van der Waals surface area contributed by atoms with E-state index in [2.05, 4.69) is 0 Å². The van der Waals surface area contributed by atoms with Crippen molar-refractivity contribution in [2.24, 2.45) is 0 Å². The number of para-hydroxylation sites is 2. The van der Waals surface area contributed by atoms with Gasteiger partial charge < -0.3 is 4.42 Å². The quantitative estimate of drug-likeness (QED) is 0.186. The average molecular weight is 591 g/mol. The van der Waals surface area contributed by atoms with Crippen molar-refractivity contribution in [2.45, 2.75) is 0 Å². The van der Waals surface area contributed by atoms with E-state index < -0.39 is 109 Å². The summed E-state index contributed by atoms with van der Waals surface area (Å²) in [6.45, 7) is 0. The van der Waals surface area contributed by atoms with E-state index in [-0.39, 0.29) is 77.2 Å². The smallest absolute Gasteiger partial charge is 0.143 e. The molecule has 0 unspecified atom stereocenters. The van der Waals surface area contributed by atoms with Gasteiger partial charge in [0.05, 0.1) is 24.7 Å². The molecule has 45 heavy (non-hydrogen) atoms. The molecule has 1 heteroatoms. The molecule has 0 saturated heterocycles. The lowest BCUT2D eigenvalue weighted by molar-refractivity contribution is 0.671. The van der Waals surface area contributed by atoms with Crippen molar-refractivity contribution in [1.29, 1.82) is 0 Å². The Bertz CT molecular complexity index is 3420. The first-order valence-electron chi connectivity index (χ1n) is 23.0. The fraction of sp³-hybridized carbons (Fsp3) is 0. The standard InChI is InChI=1S/C44H28O/c1-3-15-29(16-4-1)31-19-7-8-20-33(31)41-34-21-9-11-23-36(34)42(37-24-12-10-22-35(37)41)40-28-14-27-39-38-26-13-25-32(43(38)45-44(39)40)30-17-5-2-6-18-30/h1-28H/i1D,2D,3D,4D,5D,6D,9D,10D,11D,12D,15D,16D,17D,18D,21D,22D,23D,24D. The summed E-state index contributed by atoms with van der Waals surface area (Å²) in [7, 11) is 0. The SMILES string of the molecule is [2H]c1c([2H])c([2H])c(-c2ccccc2-c2c3c([2H])c([2H])c([2H])c([2H])c3c(-c3cccc4c3oc3c(-c5c([2H])c([2H])c([2H])c([2H])c5[2H])cccc34)c3c([2H])c([2H])c([2H])c([2H])c23)c([2H])c1[2H]. The minimum absolute atomic E-state index is 0.0317. The molecule has 9 aromatic rings. The van der Waals surface area contributed by atoms with Gasteiger partial charge in [0.25, 0.3) is 0 Å². The second-order valence-corrected chi connectivity index (χ2v) is 10.3. The number of rotatable bonds is 4. The summed E-state index contributed by atoms with van der Waals surface area (Å²) in [5.41, 5.74) is 0.0294. The number of benzene rings is 8. The Morgan fingerprint density at radius 1 is 0.333 bits per heavy atom. The fourth-order valence-corrected chi connectivity index (χ4v) is 6.07. The van der Waals surface area contributed by atoms with Crippen LogP contribution in [0.4, 0.5) is 0 Å². The zero-order valence-electron chi connectivity index (χ0n) is 41.2. The molecule has 9 rings (SSSR count). The summed E-state index contributed by atoms with van der Waals surface area (Å²) in [6, 6.07) is 5.06. The molecular weight excluding hydrogens is 544 g/mol. The van der Waals surface area contributed by atoms with Gasteiger partial charge in [0.1, 0.15) is 11.2 Å². The normalized spacial score (nSPS) is 17.2. The molecule has 1 nitrogen and oxygen atoms in total. The summed E-state index contributed by atoms with van der Waals surface area (Å²) in [5, 5.41) is 0.127. The van der Waals surface area contributed by atoms with Crippen molar-refractivity contribution in [3.05, 3.63) is 169 Å². The highest BCUT2D eigenvalue weighted by atomic mass is 16.3. The first-order valence-corrected chi connectivity index (χ1v) is 14.0. The molecule has 0 spiro atoms. The molecule has 0 bridgehead atoms. The van der Waals surface area contributed by atoms with Gasteiger partial charge in [-0.3, -0.25) is 0 Å². The summed E-state index contributed by atoms with van der Waals surface area (Å²) in [5.74, 6) is 0. The molecule has 1 aromatic heterocycles. The fourth-order valence-electron chi connectivity index (χ4n) is 6.07. The maximum Gasteiger partial charge on any atom is 0.143 e. The minimum atomic E-state index is -0.676. The molecule has 0 fully saturated rings. The van der Waals surface area contributed by atoms with E-state index in [0.717, 1.165) is 0 Å². The predicted octanol–water partition coefficient (Wildman–Crippen LogP) is 12.6. The number of fused-ring (bicyclic) bond motifs is 5. The van der Waals surface area contributed by atoms with Gasteiger partial charge in [-0.25, -0.2) is 0 Å². The van der Waals surface area contributed by atoms with Crippen LogP contribution in [0.25, 0.3) is 88.0 Å². The van der Waals surface area contributed by atoms with Gasteiger partial charge in [0.2, 0.25) is 0 Å². The van der Waals surface area contributed by atoms with Crippen LogP contribution in [-0.2, 0) is 0 Å². The predicted molar refractivity (Wildman–Crippen MR) is 190 cm³/mol. The van der Waals surface area contributed by atoms with Crippen molar-refractivity contribution in [3.63, 3.8) is 0 Å². The third-order valence-corrected chi connectivity index (χ3v) is 7.90. The molecule has 210 valence electrons. The second kappa shape index (κ2) is 10.4. The molecule has 0 amide bonds. The van der Waals surface area contributed by atoms with Crippen LogP contribution in [0.5, 0.6) is 0 Å². The van der Waals surface area contributed by atoms with Crippen molar-refractivity contribution in [1.82, 2.24) is 0 Å². The Morgan fingerprint density at radius 2 is 0.733 bits per heavy atom. The largest absolute Gasteiger partial charge is 0.455 e. The van der Waals surface area contributed by atoms with Crippen LogP contribution in [-0.4, -0.2) is 0 Å². The maximum atomic E-state index is 9.47. The number of hydrogen-bond acceptors (Lipinski definition) is 1. The summed E-state index contributed by atoms with van der Waals surface area (Å²) < 4.78 is 165. The Morgan fingerprint density at radius 3 is 1.29 bits per heavy atom. The van der Waals surface area contributed by atoms with Gasteiger partial charge >= 0.3 is 0 Å². The summed E-state index contributed by atoms with van der Waals surface area (Å²) in [4.78, 5) is 0. The molecule has 0 N–H and O–H groups in total. The molecule has 8 aromatic carbocycles. The van der Waals surface area contributed by atoms with Gasteiger partial charge in [0.15, 0.2) is 0 Å². The minimum Gasteiger partial charge on any atom is -0.455 e. The lowest BCUT2D eigenvalue weighted by Crippen LogP contribution is -1.92. The van der Waals surface area contributed by atoms with Crippen molar-refractivity contribution >= 4 is 43.5 Å². The zero-order valence-corrected chi connectivity index (χ0v) is 23.2. The molecule has 0 radical (unpaired) electrons. The first kappa shape index (κ1) is 13.4. The van der Waals surface area contributed by atoms with Crippen LogP contribution in [0.3, 0.4) is 0 Å². The van der Waals surface area contributed by atoms with E-state index in [1.807, 2.05) is 0 Å². The van der Waals surface area contributed by atoms with E-state index in [0.29, 0.717) is 10.8 Å². The molecule has 0 aliphatic heterocycles. The van der Waals surface area contributed by atoms with Crippen LogP contribution in [0.1, 0.15) is 24.7 Å². The Labute approximate surface area is 286 Å². The Hall–Kier alpha value is -5.92. The Kier molecular flexibility index (Phi) is 3.08. The number of furan rings is 1. The molecule has 0 saturated carbocycles. The van der Waals surface area contributed by atoms with Gasteiger partial charge in [-0.2, -0.15) is 0 Å². The zero-order chi connectivity index (χ0) is 45.4. The van der Waals surface area contributed by atoms with Crippen molar-refractivity contribution in [2.75, 3.05) is 0 Å². The van der Waals surface area contributed by atoms with E-state index in [1.54, 1.807) is 42.5 Å². The molecule has 1 heterocycles. The third-order valence-electron chi connectivity index (χ3n) is 7.90. The second-order valence-electron chi connectivity index (χ2n) is 10.3. The molecule has 0 aliphatic rings. The van der Waals surface area contributed by atoms with E-state index in [1.165, 1.54) is 18.2 Å². The third kappa shape index (κ3) is 4.02. The van der Waals surface area contributed by atoms with Crippen LogP contribution in [0.15, 0.2) is 174 Å². The Balaban J connectivity index is 1.52. The van der Waals surface area contributed by atoms with E-state index in [9.17, 15) is 5.48 Å². The highest BCUT2D eigenvalue weighted by Crippen LogP contribution is 2.48. The lowest BCUT2D eigenvalue weighted by Gasteiger charge is -2.19. The average Bonchev–Trinajstić information content (AvgIpc) is 3.68. The number of hydrogen-bond donors (Lipinski definition) is 0. The van der Waals surface area contributed by atoms with Gasteiger partial charge in [-0.05, 0) is 49.4 Å². The topological polar surface area (TPSA) is 13.1 Å². The highest BCUT2D eigenvalue weighted by Gasteiger charge is 2.22. The van der Waals surface area contributed by atoms with Crippen molar-refractivity contribution in [3.8, 4) is 44.5 Å². The van der Waals surface area contributed by atoms with Gasteiger partial charge in [-0.15, -0.1) is 0 Å². The van der Waals surface area contributed by atoms with Crippen LogP contribution in [0, 0.1) is 0 Å². The molecule has 0 aliphatic carbocycles. The summed E-state index contributed by atoms with van der Waals surface area (Å²) >= 11 is 0.